The molecule has 7 nitrogen and oxygen atoms in total. The van der Waals surface area contributed by atoms with Gasteiger partial charge in [0.2, 0.25) is 5.91 Å². The molecule has 1 aromatic heterocycles. The molecule has 0 aromatic carbocycles. The Bertz CT molecular complexity index is 574. The molecule has 2 rings (SSSR count). The van der Waals surface area contributed by atoms with E-state index in [1.807, 2.05) is 6.07 Å². The molecule has 1 saturated heterocycles. The van der Waals surface area contributed by atoms with Crippen LogP contribution in [0.5, 0.6) is 0 Å². The third-order valence-corrected chi connectivity index (χ3v) is 3.57. The molecule has 132 valence electrons. The molecule has 1 N–H and O–H groups in total. The van der Waals surface area contributed by atoms with Crippen LogP contribution in [0, 0.1) is 0 Å². The fourth-order valence-electron chi connectivity index (χ4n) is 2.42. The molecule has 1 fully saturated rings. The van der Waals surface area contributed by atoms with Crippen molar-refractivity contribution in [3.8, 4) is 0 Å². The highest BCUT2D eigenvalue weighted by atomic mass is 16.6. The number of rotatable bonds is 4. The summed E-state index contributed by atoms with van der Waals surface area (Å²) in [4.78, 5) is 31.6. The van der Waals surface area contributed by atoms with E-state index in [1.165, 1.54) is 24.8 Å². The lowest BCUT2D eigenvalue weighted by molar-refractivity contribution is -0.117. The van der Waals surface area contributed by atoms with Crippen molar-refractivity contribution in [1.82, 2.24) is 9.88 Å². The number of carbonyl (C=O) groups is 2. The van der Waals surface area contributed by atoms with Crippen LogP contribution in [0.2, 0.25) is 0 Å². The molecule has 2 heterocycles. The van der Waals surface area contributed by atoms with E-state index in [2.05, 4.69) is 15.2 Å². The van der Waals surface area contributed by atoms with Crippen LogP contribution in [-0.2, 0) is 9.53 Å². The highest BCUT2D eigenvalue weighted by molar-refractivity contribution is 5.93. The van der Waals surface area contributed by atoms with Gasteiger partial charge in [-0.3, -0.25) is 4.79 Å². The van der Waals surface area contributed by atoms with Gasteiger partial charge in [-0.25, -0.2) is 9.78 Å². The molecule has 0 atom stereocenters. The van der Waals surface area contributed by atoms with Crippen LogP contribution in [0.15, 0.2) is 18.3 Å². The van der Waals surface area contributed by atoms with Gasteiger partial charge >= 0.3 is 6.09 Å². The third kappa shape index (κ3) is 5.40. The molecule has 2 amide bonds. The Balaban J connectivity index is 1.84. The van der Waals surface area contributed by atoms with E-state index in [9.17, 15) is 9.59 Å². The largest absolute Gasteiger partial charge is 0.444 e. The maximum absolute atomic E-state index is 12.0. The van der Waals surface area contributed by atoms with E-state index >= 15 is 0 Å². The van der Waals surface area contributed by atoms with Crippen LogP contribution in [-0.4, -0.2) is 54.2 Å². The third-order valence-electron chi connectivity index (χ3n) is 3.57. The lowest BCUT2D eigenvalue weighted by Crippen LogP contribution is -2.38. The van der Waals surface area contributed by atoms with E-state index in [0.29, 0.717) is 5.82 Å². The molecule has 0 bridgehead atoms. The van der Waals surface area contributed by atoms with Crippen molar-refractivity contribution in [2.75, 3.05) is 36.9 Å². The Hall–Kier alpha value is -2.31. The summed E-state index contributed by atoms with van der Waals surface area (Å²) >= 11 is 0. The van der Waals surface area contributed by atoms with Crippen LogP contribution in [0.25, 0.3) is 0 Å². The summed E-state index contributed by atoms with van der Waals surface area (Å²) < 4.78 is 5.21. The van der Waals surface area contributed by atoms with Crippen LogP contribution in [0.3, 0.4) is 0 Å². The second-order valence-corrected chi connectivity index (χ2v) is 6.98. The molecule has 0 saturated carbocycles. The molecule has 0 radical (unpaired) electrons. The fraction of sp³-hybridized carbons (Fsp3) is 0.588. The number of aromatic nitrogens is 1. The van der Waals surface area contributed by atoms with Crippen molar-refractivity contribution in [3.63, 3.8) is 0 Å². The predicted octanol–water partition coefficient (Wildman–Crippen LogP) is 2.49. The number of nitrogens with zero attached hydrogens (tertiary/aromatic N) is 3. The summed E-state index contributed by atoms with van der Waals surface area (Å²) in [6.07, 6.45) is 3.64. The fourth-order valence-corrected chi connectivity index (χ4v) is 2.42. The summed E-state index contributed by atoms with van der Waals surface area (Å²) in [6.45, 7) is 7.35. The zero-order chi connectivity index (χ0) is 17.7. The van der Waals surface area contributed by atoms with Crippen molar-refractivity contribution in [3.05, 3.63) is 18.3 Å². The van der Waals surface area contributed by atoms with Crippen molar-refractivity contribution >= 4 is 23.5 Å². The van der Waals surface area contributed by atoms with Crippen LogP contribution in [0.1, 0.15) is 33.6 Å². The van der Waals surface area contributed by atoms with Gasteiger partial charge < -0.3 is 19.9 Å². The topological polar surface area (TPSA) is 74.8 Å². The number of ether oxygens (including phenoxy) is 1. The molecule has 1 aromatic rings. The average Bonchev–Trinajstić information content (AvgIpc) is 3.00. The summed E-state index contributed by atoms with van der Waals surface area (Å²) in [5, 5.41) is 2.69. The summed E-state index contributed by atoms with van der Waals surface area (Å²) in [7, 11) is 1.53. The second kappa shape index (κ2) is 7.51. The van der Waals surface area contributed by atoms with Crippen LogP contribution < -0.4 is 10.2 Å². The average molecular weight is 334 g/mol. The molecular formula is C17H26N4O3. The second-order valence-electron chi connectivity index (χ2n) is 6.98. The highest BCUT2D eigenvalue weighted by Gasteiger charge is 2.21. The first kappa shape index (κ1) is 18.0. The van der Waals surface area contributed by atoms with Crippen molar-refractivity contribution in [2.24, 2.45) is 0 Å². The number of hydrogen-bond donors (Lipinski definition) is 1. The highest BCUT2D eigenvalue weighted by Crippen LogP contribution is 2.20. The number of likely N-dealkylation sites (N-methyl/N-ethyl adjacent to an activating group) is 1. The lowest BCUT2D eigenvalue weighted by atomic mass is 10.2. The number of pyridine rings is 1. The van der Waals surface area contributed by atoms with Gasteiger partial charge in [0, 0.05) is 20.1 Å². The van der Waals surface area contributed by atoms with Gasteiger partial charge in [0.25, 0.3) is 0 Å². The summed E-state index contributed by atoms with van der Waals surface area (Å²) in [5.74, 6) is 0.158. The quantitative estimate of drug-likeness (QED) is 0.915. The molecule has 7 heteroatoms. The van der Waals surface area contributed by atoms with E-state index < -0.39 is 11.7 Å². The molecule has 24 heavy (non-hydrogen) atoms. The van der Waals surface area contributed by atoms with Crippen molar-refractivity contribution in [1.29, 1.82) is 0 Å². The first-order valence-electron chi connectivity index (χ1n) is 8.19. The lowest BCUT2D eigenvalue weighted by Gasteiger charge is -2.24. The number of nitrogens with one attached hydrogen (secondary N) is 1. The first-order chi connectivity index (χ1) is 11.2. The van der Waals surface area contributed by atoms with Gasteiger partial charge in [-0.05, 0) is 45.7 Å². The Morgan fingerprint density at radius 1 is 1.29 bits per heavy atom. The van der Waals surface area contributed by atoms with E-state index in [0.717, 1.165) is 18.8 Å². The monoisotopic (exact) mass is 334 g/mol. The van der Waals surface area contributed by atoms with Gasteiger partial charge in [-0.15, -0.1) is 0 Å². The first-order valence-corrected chi connectivity index (χ1v) is 8.19. The maximum Gasteiger partial charge on any atom is 0.410 e. The SMILES string of the molecule is CN(CC(=O)Nc1ccc(N2CCCC2)cn1)C(=O)OC(C)(C)C. The van der Waals surface area contributed by atoms with Crippen LogP contribution >= 0.6 is 0 Å². The molecule has 1 aliphatic rings. The van der Waals surface area contributed by atoms with Crippen LogP contribution in [0.4, 0.5) is 16.3 Å². The van der Waals surface area contributed by atoms with Gasteiger partial charge in [0.1, 0.15) is 18.0 Å². The standard InChI is InChI=1S/C17H26N4O3/c1-17(2,3)24-16(23)20(4)12-15(22)19-14-8-7-13(11-18-14)21-9-5-6-10-21/h7-8,11H,5-6,9-10,12H2,1-4H3,(H,18,19,22). The zero-order valence-electron chi connectivity index (χ0n) is 14.8. The number of hydrogen-bond acceptors (Lipinski definition) is 5. The normalized spacial score (nSPS) is 14.4. The number of amides is 2. The smallest absolute Gasteiger partial charge is 0.410 e. The minimum atomic E-state index is -0.589. The van der Waals surface area contributed by atoms with Gasteiger partial charge in [0.05, 0.1) is 11.9 Å². The minimum Gasteiger partial charge on any atom is -0.444 e. The van der Waals surface area contributed by atoms with E-state index in [1.54, 1.807) is 33.0 Å². The predicted molar refractivity (Wildman–Crippen MR) is 93.2 cm³/mol. The van der Waals surface area contributed by atoms with Crippen molar-refractivity contribution < 1.29 is 14.3 Å². The van der Waals surface area contributed by atoms with E-state index in [4.69, 9.17) is 4.74 Å². The van der Waals surface area contributed by atoms with Gasteiger partial charge in [0.15, 0.2) is 0 Å². The Labute approximate surface area is 143 Å². The molecule has 1 aliphatic heterocycles. The van der Waals surface area contributed by atoms with E-state index in [-0.39, 0.29) is 12.5 Å². The van der Waals surface area contributed by atoms with Gasteiger partial charge in [-0.1, -0.05) is 0 Å². The summed E-state index contributed by atoms with van der Waals surface area (Å²) in [6, 6.07) is 3.73. The summed E-state index contributed by atoms with van der Waals surface area (Å²) in [5.41, 5.74) is 0.478. The van der Waals surface area contributed by atoms with Gasteiger partial charge in [-0.2, -0.15) is 0 Å². The number of anilines is 2. The molecule has 0 unspecified atom stereocenters. The minimum absolute atomic E-state index is 0.0928. The maximum atomic E-state index is 12.0. The number of carbonyl (C=O) groups excluding carboxylic acids is 2. The molecule has 0 aliphatic carbocycles. The zero-order valence-corrected chi connectivity index (χ0v) is 14.8. The Kier molecular flexibility index (Phi) is 5.64. The Morgan fingerprint density at radius 3 is 2.50 bits per heavy atom. The molecule has 0 spiro atoms. The Morgan fingerprint density at radius 2 is 1.96 bits per heavy atom. The van der Waals surface area contributed by atoms with Crippen molar-refractivity contribution in [2.45, 2.75) is 39.2 Å². The molecular weight excluding hydrogens is 308 g/mol.